The summed E-state index contributed by atoms with van der Waals surface area (Å²) in [7, 11) is 0. The van der Waals surface area contributed by atoms with Crippen molar-refractivity contribution in [1.82, 2.24) is 25.4 Å². The van der Waals surface area contributed by atoms with E-state index in [9.17, 15) is 14.4 Å². The van der Waals surface area contributed by atoms with Crippen LogP contribution in [0.15, 0.2) is 41.1 Å². The van der Waals surface area contributed by atoms with Gasteiger partial charge in [-0.3, -0.25) is 14.9 Å². The van der Waals surface area contributed by atoms with Gasteiger partial charge < -0.3 is 10.6 Å². The highest BCUT2D eigenvalue weighted by molar-refractivity contribution is 9.10. The van der Waals surface area contributed by atoms with Crippen molar-refractivity contribution in [2.45, 2.75) is 26.7 Å². The van der Waals surface area contributed by atoms with Crippen LogP contribution in [0.1, 0.15) is 46.2 Å². The van der Waals surface area contributed by atoms with E-state index in [-0.39, 0.29) is 33.7 Å². The van der Waals surface area contributed by atoms with E-state index in [1.165, 1.54) is 23.0 Å². The summed E-state index contributed by atoms with van der Waals surface area (Å²) in [5.41, 5.74) is 1.01. The fraction of sp³-hybridized carbons (Fsp3) is 0.227. The van der Waals surface area contributed by atoms with E-state index in [2.05, 4.69) is 42.0 Å². The monoisotopic (exact) mass is 566 g/mol. The predicted molar refractivity (Wildman–Crippen MR) is 134 cm³/mol. The molecule has 34 heavy (non-hydrogen) atoms. The second-order valence-electron chi connectivity index (χ2n) is 7.24. The zero-order chi connectivity index (χ0) is 24.8. The summed E-state index contributed by atoms with van der Waals surface area (Å²) < 4.78 is 1.56. The van der Waals surface area contributed by atoms with Crippen molar-refractivity contribution >= 4 is 62.7 Å². The standard InChI is InChI=1S/C22H21BrCl2N6O3/c1-3-4-7-27-20(32)14-10-13(24)9-12(2)18(14)28-22(34)29-21(33)16-11-17(23)30-31(16)19-15(25)6-5-8-26-19/h5-6,8-11H,3-4,7H2,1-2H3,(H,27,32)(H2,28,29,33,34). The molecular formula is C22H21BrCl2N6O3. The van der Waals surface area contributed by atoms with Gasteiger partial charge >= 0.3 is 6.03 Å². The van der Waals surface area contributed by atoms with Crippen LogP contribution in [0.3, 0.4) is 0 Å². The van der Waals surface area contributed by atoms with Gasteiger partial charge in [0.15, 0.2) is 5.82 Å². The number of amides is 4. The van der Waals surface area contributed by atoms with E-state index in [4.69, 9.17) is 23.2 Å². The van der Waals surface area contributed by atoms with Gasteiger partial charge in [-0.15, -0.1) is 0 Å². The van der Waals surface area contributed by atoms with Gasteiger partial charge in [-0.2, -0.15) is 5.10 Å². The molecule has 0 saturated carbocycles. The molecule has 4 amide bonds. The van der Waals surface area contributed by atoms with Crippen LogP contribution in [0.2, 0.25) is 10.0 Å². The highest BCUT2D eigenvalue weighted by atomic mass is 79.9. The fourth-order valence-electron chi connectivity index (χ4n) is 3.08. The Morgan fingerprint density at radius 2 is 1.91 bits per heavy atom. The Labute approximate surface area is 214 Å². The summed E-state index contributed by atoms with van der Waals surface area (Å²) in [6.07, 6.45) is 3.23. The van der Waals surface area contributed by atoms with Crippen molar-refractivity contribution in [3.8, 4) is 5.82 Å². The number of hydrogen-bond donors (Lipinski definition) is 3. The topological polar surface area (TPSA) is 118 Å². The number of rotatable bonds is 7. The summed E-state index contributed by atoms with van der Waals surface area (Å²) in [6, 6.07) is 6.90. The highest BCUT2D eigenvalue weighted by Gasteiger charge is 2.22. The van der Waals surface area contributed by atoms with Gasteiger partial charge in [0.25, 0.3) is 11.8 Å². The van der Waals surface area contributed by atoms with Crippen molar-refractivity contribution in [2.75, 3.05) is 11.9 Å². The smallest absolute Gasteiger partial charge is 0.326 e. The highest BCUT2D eigenvalue weighted by Crippen LogP contribution is 2.26. The van der Waals surface area contributed by atoms with Gasteiger partial charge in [0.05, 0.1) is 16.3 Å². The number of nitrogens with zero attached hydrogens (tertiary/aromatic N) is 3. The molecule has 0 fully saturated rings. The lowest BCUT2D eigenvalue weighted by Crippen LogP contribution is -2.36. The zero-order valence-electron chi connectivity index (χ0n) is 18.3. The molecule has 0 saturated heterocycles. The van der Waals surface area contributed by atoms with Crippen LogP contribution in [0, 0.1) is 6.92 Å². The molecule has 0 aliphatic heterocycles. The number of halogens is 3. The van der Waals surface area contributed by atoms with E-state index in [1.807, 2.05) is 6.92 Å². The summed E-state index contributed by atoms with van der Waals surface area (Å²) in [5, 5.41) is 12.4. The Morgan fingerprint density at radius 3 is 2.62 bits per heavy atom. The lowest BCUT2D eigenvalue weighted by molar-refractivity contribution is 0.0949. The van der Waals surface area contributed by atoms with E-state index >= 15 is 0 Å². The van der Waals surface area contributed by atoms with Crippen molar-refractivity contribution in [3.63, 3.8) is 0 Å². The lowest BCUT2D eigenvalue weighted by atomic mass is 10.1. The number of benzene rings is 1. The Kier molecular flexibility index (Phi) is 8.65. The average molecular weight is 568 g/mol. The van der Waals surface area contributed by atoms with Crippen LogP contribution in [0.4, 0.5) is 10.5 Å². The number of imide groups is 1. The second kappa shape index (κ2) is 11.5. The first-order chi connectivity index (χ1) is 16.2. The maximum atomic E-state index is 12.9. The van der Waals surface area contributed by atoms with E-state index in [1.54, 1.807) is 25.1 Å². The molecule has 9 nitrogen and oxygen atoms in total. The number of unbranched alkanes of at least 4 members (excludes halogenated alkanes) is 1. The number of carbonyl (C=O) groups is 3. The average Bonchev–Trinajstić information content (AvgIpc) is 3.17. The third-order valence-electron chi connectivity index (χ3n) is 4.68. The maximum Gasteiger partial charge on any atom is 0.326 e. The minimum atomic E-state index is -0.839. The van der Waals surface area contributed by atoms with Gasteiger partial charge in [0.1, 0.15) is 10.3 Å². The molecule has 0 aliphatic rings. The van der Waals surface area contributed by atoms with Gasteiger partial charge in [-0.25, -0.2) is 14.5 Å². The van der Waals surface area contributed by atoms with Crippen LogP contribution >= 0.6 is 39.1 Å². The number of aromatic nitrogens is 3. The predicted octanol–water partition coefficient (Wildman–Crippen LogP) is 5.14. The normalized spacial score (nSPS) is 10.6. The van der Waals surface area contributed by atoms with Crippen molar-refractivity contribution in [2.24, 2.45) is 0 Å². The molecule has 0 atom stereocenters. The van der Waals surface area contributed by atoms with E-state index < -0.39 is 11.9 Å². The number of urea groups is 1. The zero-order valence-corrected chi connectivity index (χ0v) is 21.4. The van der Waals surface area contributed by atoms with E-state index in [0.717, 1.165) is 12.8 Å². The molecule has 2 aromatic heterocycles. The summed E-state index contributed by atoms with van der Waals surface area (Å²) in [6.45, 7) is 4.19. The van der Waals surface area contributed by atoms with Crippen LogP contribution < -0.4 is 16.0 Å². The largest absolute Gasteiger partial charge is 0.352 e. The van der Waals surface area contributed by atoms with Gasteiger partial charge in [0, 0.05) is 23.8 Å². The summed E-state index contributed by atoms with van der Waals surface area (Å²) >= 11 is 15.5. The molecule has 0 spiro atoms. The van der Waals surface area contributed by atoms with Gasteiger partial charge in [-0.1, -0.05) is 36.5 Å². The molecule has 0 unspecified atom stereocenters. The molecule has 178 valence electrons. The van der Waals surface area contributed by atoms with Crippen LogP contribution in [0.25, 0.3) is 5.82 Å². The molecular weight excluding hydrogens is 547 g/mol. The minimum absolute atomic E-state index is 0.0213. The Balaban J connectivity index is 1.82. The first-order valence-electron chi connectivity index (χ1n) is 10.3. The quantitative estimate of drug-likeness (QED) is 0.342. The lowest BCUT2D eigenvalue weighted by Gasteiger charge is -2.15. The number of aryl methyl sites for hydroxylation is 1. The van der Waals surface area contributed by atoms with E-state index in [0.29, 0.717) is 21.7 Å². The SMILES string of the molecule is CCCCNC(=O)c1cc(Cl)cc(C)c1NC(=O)NC(=O)c1cc(Br)nn1-c1ncccc1Cl. The maximum absolute atomic E-state index is 12.9. The Bertz CT molecular complexity index is 1250. The van der Waals surface area contributed by atoms with Crippen LogP contribution in [-0.4, -0.2) is 39.2 Å². The van der Waals surface area contributed by atoms with Crippen molar-refractivity contribution in [1.29, 1.82) is 0 Å². The number of carbonyl (C=O) groups excluding carboxylic acids is 3. The second-order valence-corrected chi connectivity index (χ2v) is 8.89. The third-order valence-corrected chi connectivity index (χ3v) is 5.58. The molecule has 0 radical (unpaired) electrons. The van der Waals surface area contributed by atoms with Gasteiger partial charge in [-0.05, 0) is 59.1 Å². The molecule has 12 heteroatoms. The summed E-state index contributed by atoms with van der Waals surface area (Å²) in [5.74, 6) is -0.912. The van der Waals surface area contributed by atoms with Crippen molar-refractivity contribution < 1.29 is 14.4 Å². The molecule has 3 rings (SSSR count). The van der Waals surface area contributed by atoms with Crippen LogP contribution in [-0.2, 0) is 0 Å². The Hall–Kier alpha value is -2.95. The fourth-order valence-corrected chi connectivity index (χ4v) is 3.93. The number of nitrogens with one attached hydrogen (secondary N) is 3. The van der Waals surface area contributed by atoms with Gasteiger partial charge in [0.2, 0.25) is 0 Å². The first kappa shape index (κ1) is 25.7. The first-order valence-corrected chi connectivity index (χ1v) is 11.8. The van der Waals surface area contributed by atoms with Crippen molar-refractivity contribution in [3.05, 3.63) is 68.0 Å². The molecule has 1 aromatic carbocycles. The van der Waals surface area contributed by atoms with Crippen LogP contribution in [0.5, 0.6) is 0 Å². The molecule has 0 bridgehead atoms. The number of anilines is 1. The summed E-state index contributed by atoms with van der Waals surface area (Å²) in [4.78, 5) is 42.4. The molecule has 0 aliphatic carbocycles. The number of hydrogen-bond acceptors (Lipinski definition) is 5. The third kappa shape index (κ3) is 6.13. The number of pyridine rings is 1. The Morgan fingerprint density at radius 1 is 1.15 bits per heavy atom. The molecule has 3 N–H and O–H groups in total. The minimum Gasteiger partial charge on any atom is -0.352 e. The molecule has 3 aromatic rings. The molecule has 2 heterocycles.